The topological polar surface area (TPSA) is 93.3 Å². The third-order valence-electron chi connectivity index (χ3n) is 2.99. The van der Waals surface area contributed by atoms with Gasteiger partial charge in [0, 0.05) is 0 Å². The Kier molecular flexibility index (Phi) is 2.69. The number of halogens is 1. The zero-order valence-corrected chi connectivity index (χ0v) is 9.22. The monoisotopic (exact) mass is 254 g/mol. The van der Waals surface area contributed by atoms with Crippen molar-refractivity contribution in [3.05, 3.63) is 18.9 Å². The molecule has 0 bridgehead atoms. The van der Waals surface area contributed by atoms with Crippen LogP contribution in [0.15, 0.2) is 18.9 Å². The third-order valence-corrected chi connectivity index (χ3v) is 2.99. The fourth-order valence-corrected chi connectivity index (χ4v) is 2.05. The molecule has 0 aliphatic carbocycles. The quantitative estimate of drug-likeness (QED) is 0.744. The van der Waals surface area contributed by atoms with Crippen LogP contribution in [0.2, 0.25) is 0 Å². The lowest BCUT2D eigenvalue weighted by Gasteiger charge is -2.14. The average Bonchev–Trinajstić information content (AvgIpc) is 2.93. The Morgan fingerprint density at radius 3 is 3.00 bits per heavy atom. The molecule has 2 N–H and O–H groups in total. The molecular weight excluding hydrogens is 243 g/mol. The van der Waals surface area contributed by atoms with E-state index in [2.05, 4.69) is 15.0 Å². The number of hydrogen-bond acceptors (Lipinski definition) is 6. The van der Waals surface area contributed by atoms with Crippen LogP contribution in [0.4, 0.5) is 4.39 Å². The lowest BCUT2D eigenvalue weighted by atomic mass is 10.1. The fourth-order valence-electron chi connectivity index (χ4n) is 2.05. The molecule has 1 fully saturated rings. The number of hydrogen-bond donors (Lipinski definition) is 2. The maximum absolute atomic E-state index is 13.9. The summed E-state index contributed by atoms with van der Waals surface area (Å²) in [6.45, 7) is -0.445. The van der Waals surface area contributed by atoms with Gasteiger partial charge >= 0.3 is 0 Å². The smallest absolute Gasteiger partial charge is 0.173 e. The van der Waals surface area contributed by atoms with E-state index in [0.717, 1.165) is 0 Å². The highest BCUT2D eigenvalue weighted by Gasteiger charge is 2.45. The van der Waals surface area contributed by atoms with Gasteiger partial charge in [-0.15, -0.1) is 0 Å². The predicted molar refractivity (Wildman–Crippen MR) is 57.2 cm³/mol. The van der Waals surface area contributed by atoms with Crippen molar-refractivity contribution in [2.75, 3.05) is 6.61 Å². The van der Waals surface area contributed by atoms with Crippen LogP contribution >= 0.6 is 0 Å². The molecule has 8 heteroatoms. The average molecular weight is 254 g/mol. The highest BCUT2D eigenvalue weighted by atomic mass is 19.1. The highest BCUT2D eigenvalue weighted by Crippen LogP contribution is 2.33. The van der Waals surface area contributed by atoms with E-state index in [0.29, 0.717) is 11.2 Å². The lowest BCUT2D eigenvalue weighted by molar-refractivity contribution is -0.0459. The summed E-state index contributed by atoms with van der Waals surface area (Å²) in [5.74, 6) is 0. The first kappa shape index (κ1) is 11.5. The van der Waals surface area contributed by atoms with Crippen LogP contribution in [-0.4, -0.2) is 54.7 Å². The van der Waals surface area contributed by atoms with Crippen molar-refractivity contribution < 1.29 is 19.3 Å². The van der Waals surface area contributed by atoms with Gasteiger partial charge in [-0.1, -0.05) is 0 Å². The molecule has 0 spiro atoms. The first-order valence-corrected chi connectivity index (χ1v) is 5.43. The van der Waals surface area contributed by atoms with Crippen molar-refractivity contribution in [2.24, 2.45) is 0 Å². The highest BCUT2D eigenvalue weighted by molar-refractivity contribution is 5.68. The van der Waals surface area contributed by atoms with Gasteiger partial charge in [0.25, 0.3) is 0 Å². The van der Waals surface area contributed by atoms with Gasteiger partial charge in [-0.05, 0) is 0 Å². The molecule has 0 unspecified atom stereocenters. The molecule has 0 saturated carbocycles. The van der Waals surface area contributed by atoms with Gasteiger partial charge in [0.2, 0.25) is 0 Å². The molecule has 0 aromatic carbocycles. The number of nitrogens with zero attached hydrogens (tertiary/aromatic N) is 4. The predicted octanol–water partition coefficient (Wildman–Crippen LogP) is -0.585. The minimum absolute atomic E-state index is 0.420. The molecule has 3 rings (SSSR count). The number of aromatic nitrogens is 4. The van der Waals surface area contributed by atoms with Crippen LogP contribution in [0.1, 0.15) is 6.23 Å². The Morgan fingerprint density at radius 2 is 2.28 bits per heavy atom. The molecule has 1 saturated heterocycles. The molecule has 2 aromatic heterocycles. The molecule has 3 heterocycles. The molecular formula is C10H11FN4O3. The van der Waals surface area contributed by atoms with E-state index in [1.807, 2.05) is 0 Å². The van der Waals surface area contributed by atoms with Gasteiger partial charge in [0.1, 0.15) is 24.1 Å². The first-order chi connectivity index (χ1) is 8.72. The minimum Gasteiger partial charge on any atom is -0.394 e. The summed E-state index contributed by atoms with van der Waals surface area (Å²) in [6, 6.07) is 0. The zero-order valence-electron chi connectivity index (χ0n) is 9.22. The Balaban J connectivity index is 2.00. The molecule has 96 valence electrons. The van der Waals surface area contributed by atoms with Crippen LogP contribution in [0, 0.1) is 0 Å². The Hall–Kier alpha value is -1.64. The minimum atomic E-state index is -1.64. The Bertz CT molecular complexity index is 563. The molecule has 1 aliphatic heterocycles. The van der Waals surface area contributed by atoms with Gasteiger partial charge in [-0.25, -0.2) is 19.3 Å². The van der Waals surface area contributed by atoms with E-state index < -0.39 is 31.2 Å². The number of ether oxygens (including phenoxy) is 1. The molecule has 7 nitrogen and oxygen atoms in total. The van der Waals surface area contributed by atoms with E-state index in [9.17, 15) is 9.50 Å². The largest absolute Gasteiger partial charge is 0.394 e. The van der Waals surface area contributed by atoms with E-state index in [-0.39, 0.29) is 0 Å². The van der Waals surface area contributed by atoms with Crippen LogP contribution in [0.5, 0.6) is 0 Å². The summed E-state index contributed by atoms with van der Waals surface area (Å²) >= 11 is 0. The summed E-state index contributed by atoms with van der Waals surface area (Å²) in [6.07, 6.45) is -0.790. The van der Waals surface area contributed by atoms with Crippen molar-refractivity contribution in [3.63, 3.8) is 0 Å². The standard InChI is InChI=1S/C10H11FN4O3/c11-7-8(17)6(2-16)18-10(7)15-4-14-5-1-12-3-13-9(5)15/h1,3-4,6-8,10,16-17H,2H2/t6-,7+,8-,10-/m1/s1. The van der Waals surface area contributed by atoms with Gasteiger partial charge in [-0.3, -0.25) is 4.57 Å². The van der Waals surface area contributed by atoms with Crippen LogP contribution < -0.4 is 0 Å². The third kappa shape index (κ3) is 1.57. The second-order valence-electron chi connectivity index (χ2n) is 4.07. The maximum Gasteiger partial charge on any atom is 0.173 e. The van der Waals surface area contributed by atoms with Crippen molar-refractivity contribution in [1.29, 1.82) is 0 Å². The Labute approximate surface area is 101 Å². The van der Waals surface area contributed by atoms with Crippen LogP contribution in [0.25, 0.3) is 11.2 Å². The second-order valence-corrected chi connectivity index (χ2v) is 4.07. The number of rotatable bonds is 2. The number of aliphatic hydroxyl groups excluding tert-OH is 2. The molecule has 2 aromatic rings. The molecule has 1 aliphatic rings. The maximum atomic E-state index is 13.9. The first-order valence-electron chi connectivity index (χ1n) is 5.43. The van der Waals surface area contributed by atoms with Crippen LogP contribution in [-0.2, 0) is 4.74 Å². The SMILES string of the molecule is OC[C@H]1O[C@@H](n2cnc3cncnc32)[C@@H](F)[C@@H]1O. The number of imidazole rings is 1. The molecule has 4 atom stereocenters. The van der Waals surface area contributed by atoms with Crippen molar-refractivity contribution in [3.8, 4) is 0 Å². The van der Waals surface area contributed by atoms with Crippen molar-refractivity contribution >= 4 is 11.2 Å². The summed E-state index contributed by atoms with van der Waals surface area (Å²) in [5, 5.41) is 18.6. The van der Waals surface area contributed by atoms with Crippen LogP contribution in [0.3, 0.4) is 0 Å². The Morgan fingerprint density at radius 1 is 1.44 bits per heavy atom. The number of aliphatic hydroxyl groups is 2. The van der Waals surface area contributed by atoms with Crippen molar-refractivity contribution in [1.82, 2.24) is 19.5 Å². The molecule has 0 amide bonds. The van der Waals surface area contributed by atoms with E-state index in [1.54, 1.807) is 0 Å². The second kappa shape index (κ2) is 4.23. The van der Waals surface area contributed by atoms with E-state index in [1.165, 1.54) is 23.4 Å². The number of alkyl halides is 1. The van der Waals surface area contributed by atoms with Gasteiger partial charge < -0.3 is 14.9 Å². The normalized spacial score (nSPS) is 32.2. The summed E-state index contributed by atoms with van der Waals surface area (Å²) in [5.41, 5.74) is 0.929. The molecule has 0 radical (unpaired) electrons. The number of fused-ring (bicyclic) bond motifs is 1. The fraction of sp³-hybridized carbons (Fsp3) is 0.500. The van der Waals surface area contributed by atoms with Gasteiger partial charge in [-0.2, -0.15) is 0 Å². The lowest BCUT2D eigenvalue weighted by Crippen LogP contribution is -2.30. The summed E-state index contributed by atoms with van der Waals surface area (Å²) in [4.78, 5) is 11.8. The van der Waals surface area contributed by atoms with E-state index >= 15 is 0 Å². The summed E-state index contributed by atoms with van der Waals surface area (Å²) < 4.78 is 20.6. The van der Waals surface area contributed by atoms with E-state index in [4.69, 9.17) is 9.84 Å². The zero-order chi connectivity index (χ0) is 12.7. The summed E-state index contributed by atoms with van der Waals surface area (Å²) in [7, 11) is 0. The van der Waals surface area contributed by atoms with Gasteiger partial charge in [0.05, 0.1) is 19.1 Å². The molecule has 18 heavy (non-hydrogen) atoms. The van der Waals surface area contributed by atoms with Gasteiger partial charge in [0.15, 0.2) is 18.0 Å². The van der Waals surface area contributed by atoms with Crippen molar-refractivity contribution in [2.45, 2.75) is 24.6 Å².